The largest absolute Gasteiger partial charge is 0.496 e. The summed E-state index contributed by atoms with van der Waals surface area (Å²) in [7, 11) is 1.57. The third-order valence-corrected chi connectivity index (χ3v) is 4.17. The molecule has 1 aliphatic heterocycles. The van der Waals surface area contributed by atoms with Crippen LogP contribution in [-0.2, 0) is 4.79 Å². The molecule has 1 unspecified atom stereocenters. The van der Waals surface area contributed by atoms with Crippen molar-refractivity contribution in [1.29, 1.82) is 0 Å². The lowest BCUT2D eigenvalue weighted by molar-refractivity contribution is -0.131. The van der Waals surface area contributed by atoms with Gasteiger partial charge in [-0.2, -0.15) is 0 Å². The molecule has 0 bridgehead atoms. The zero-order chi connectivity index (χ0) is 15.4. The number of amides is 2. The van der Waals surface area contributed by atoms with Crippen LogP contribution in [0.15, 0.2) is 22.7 Å². The summed E-state index contributed by atoms with van der Waals surface area (Å²) in [5.41, 5.74) is 0.490. The summed E-state index contributed by atoms with van der Waals surface area (Å²) in [6.45, 7) is 3.29. The van der Waals surface area contributed by atoms with Gasteiger partial charge >= 0.3 is 0 Å². The van der Waals surface area contributed by atoms with Crippen LogP contribution < -0.4 is 10.1 Å². The minimum atomic E-state index is -0.517. The van der Waals surface area contributed by atoms with Gasteiger partial charge in [0.25, 0.3) is 5.91 Å². The molecule has 1 aromatic rings. The lowest BCUT2D eigenvalue weighted by atomic mass is 10.2. The fraction of sp³-hybridized carbons (Fsp3) is 0.467. The fourth-order valence-electron chi connectivity index (χ4n) is 2.36. The highest BCUT2D eigenvalue weighted by molar-refractivity contribution is 9.10. The third kappa shape index (κ3) is 3.75. The molecule has 0 aliphatic carbocycles. The molecule has 114 valence electrons. The molecule has 1 N–H and O–H groups in total. The number of hydrogen-bond acceptors (Lipinski definition) is 3. The first-order valence-corrected chi connectivity index (χ1v) is 7.75. The fourth-order valence-corrected chi connectivity index (χ4v) is 2.90. The smallest absolute Gasteiger partial charge is 0.251 e. The minimum absolute atomic E-state index is 0.0200. The molecule has 21 heavy (non-hydrogen) atoms. The van der Waals surface area contributed by atoms with Gasteiger partial charge in [0, 0.05) is 18.7 Å². The number of halogens is 1. The molecular formula is C15H19BrN2O3. The molecule has 1 aromatic carbocycles. The Bertz CT molecular complexity index is 542. The third-order valence-electron chi connectivity index (χ3n) is 3.55. The molecule has 2 amide bonds. The predicted molar refractivity (Wildman–Crippen MR) is 83.4 cm³/mol. The van der Waals surface area contributed by atoms with Crippen molar-refractivity contribution in [3.63, 3.8) is 0 Å². The number of carbonyl (C=O) groups is 2. The van der Waals surface area contributed by atoms with Crippen molar-refractivity contribution < 1.29 is 14.3 Å². The average molecular weight is 355 g/mol. The van der Waals surface area contributed by atoms with Crippen molar-refractivity contribution in [2.45, 2.75) is 25.8 Å². The van der Waals surface area contributed by atoms with E-state index < -0.39 is 6.04 Å². The molecule has 1 saturated heterocycles. The molecule has 1 aliphatic rings. The summed E-state index contributed by atoms with van der Waals surface area (Å²) < 4.78 is 5.83. The van der Waals surface area contributed by atoms with Crippen molar-refractivity contribution in [3.05, 3.63) is 28.2 Å². The van der Waals surface area contributed by atoms with Crippen molar-refractivity contribution in [3.8, 4) is 5.75 Å². The van der Waals surface area contributed by atoms with Gasteiger partial charge in [-0.15, -0.1) is 0 Å². The van der Waals surface area contributed by atoms with E-state index in [-0.39, 0.29) is 11.8 Å². The highest BCUT2D eigenvalue weighted by atomic mass is 79.9. The van der Waals surface area contributed by atoms with E-state index in [1.54, 1.807) is 37.1 Å². The Morgan fingerprint density at radius 1 is 1.33 bits per heavy atom. The van der Waals surface area contributed by atoms with Crippen LogP contribution in [0.5, 0.6) is 5.75 Å². The van der Waals surface area contributed by atoms with E-state index in [4.69, 9.17) is 4.74 Å². The Labute approximate surface area is 132 Å². The number of methoxy groups -OCH3 is 1. The van der Waals surface area contributed by atoms with Gasteiger partial charge in [-0.3, -0.25) is 9.59 Å². The van der Waals surface area contributed by atoms with Gasteiger partial charge in [0.2, 0.25) is 5.91 Å². The number of nitrogens with one attached hydrogen (secondary N) is 1. The van der Waals surface area contributed by atoms with Gasteiger partial charge in [0.1, 0.15) is 11.8 Å². The monoisotopic (exact) mass is 354 g/mol. The van der Waals surface area contributed by atoms with Crippen molar-refractivity contribution in [2.75, 3.05) is 20.2 Å². The first kappa shape index (κ1) is 15.8. The van der Waals surface area contributed by atoms with Crippen LogP contribution in [-0.4, -0.2) is 43.0 Å². The molecule has 2 rings (SSSR count). The molecule has 0 radical (unpaired) electrons. The molecular weight excluding hydrogens is 336 g/mol. The number of likely N-dealkylation sites (tertiary alicyclic amines) is 1. The van der Waals surface area contributed by atoms with E-state index in [1.807, 2.05) is 0 Å². The van der Waals surface area contributed by atoms with Crippen LogP contribution in [0, 0.1) is 0 Å². The lowest BCUT2D eigenvalue weighted by Gasteiger charge is -2.21. The number of nitrogens with zero attached hydrogens (tertiary/aromatic N) is 1. The molecule has 0 spiro atoms. The summed E-state index contributed by atoms with van der Waals surface area (Å²) in [4.78, 5) is 26.1. The van der Waals surface area contributed by atoms with Gasteiger partial charge in [-0.1, -0.05) is 0 Å². The number of ether oxygens (including phenoxy) is 1. The zero-order valence-electron chi connectivity index (χ0n) is 12.2. The number of rotatable bonds is 4. The molecule has 6 heteroatoms. The van der Waals surface area contributed by atoms with Gasteiger partial charge in [-0.05, 0) is 53.9 Å². The van der Waals surface area contributed by atoms with Gasteiger partial charge in [0.15, 0.2) is 0 Å². The van der Waals surface area contributed by atoms with E-state index in [0.29, 0.717) is 15.8 Å². The van der Waals surface area contributed by atoms with Gasteiger partial charge in [-0.25, -0.2) is 0 Å². The second-order valence-electron chi connectivity index (χ2n) is 5.08. The molecule has 0 saturated carbocycles. The highest BCUT2D eigenvalue weighted by Gasteiger charge is 2.24. The van der Waals surface area contributed by atoms with E-state index in [2.05, 4.69) is 21.2 Å². The van der Waals surface area contributed by atoms with E-state index in [0.717, 1.165) is 25.9 Å². The van der Waals surface area contributed by atoms with Crippen LogP contribution in [0.2, 0.25) is 0 Å². The van der Waals surface area contributed by atoms with Crippen LogP contribution in [0.4, 0.5) is 0 Å². The average Bonchev–Trinajstić information content (AvgIpc) is 3.00. The van der Waals surface area contributed by atoms with E-state index in [1.165, 1.54) is 0 Å². The Hall–Kier alpha value is -1.56. The maximum absolute atomic E-state index is 12.2. The Balaban J connectivity index is 2.00. The summed E-state index contributed by atoms with van der Waals surface area (Å²) in [6, 6.07) is 4.55. The number of benzene rings is 1. The maximum Gasteiger partial charge on any atom is 0.251 e. The first-order chi connectivity index (χ1) is 10.0. The Kier molecular flexibility index (Phi) is 5.22. The van der Waals surface area contributed by atoms with Crippen LogP contribution >= 0.6 is 15.9 Å². The normalized spacial score (nSPS) is 15.7. The zero-order valence-corrected chi connectivity index (χ0v) is 13.8. The van der Waals surface area contributed by atoms with Crippen molar-refractivity contribution in [2.24, 2.45) is 0 Å². The summed E-state index contributed by atoms with van der Waals surface area (Å²) in [5, 5.41) is 2.75. The second kappa shape index (κ2) is 6.93. The van der Waals surface area contributed by atoms with E-state index >= 15 is 0 Å². The number of hydrogen-bond donors (Lipinski definition) is 1. The standard InChI is InChI=1S/C15H19BrN2O3/c1-10(15(20)18-7-3-4-8-18)17-14(19)11-5-6-13(21-2)12(16)9-11/h5-6,9-10H,3-4,7-8H2,1-2H3,(H,17,19). The van der Waals surface area contributed by atoms with Gasteiger partial charge in [0.05, 0.1) is 11.6 Å². The molecule has 5 nitrogen and oxygen atoms in total. The molecule has 1 fully saturated rings. The van der Waals surface area contributed by atoms with E-state index in [9.17, 15) is 9.59 Å². The summed E-state index contributed by atoms with van der Waals surface area (Å²) in [6.07, 6.45) is 2.08. The Morgan fingerprint density at radius 3 is 2.57 bits per heavy atom. The predicted octanol–water partition coefficient (Wildman–Crippen LogP) is 2.20. The van der Waals surface area contributed by atoms with Crippen LogP contribution in [0.25, 0.3) is 0 Å². The Morgan fingerprint density at radius 2 is 2.00 bits per heavy atom. The molecule has 1 atom stereocenters. The van der Waals surface area contributed by atoms with Crippen molar-refractivity contribution >= 4 is 27.7 Å². The lowest BCUT2D eigenvalue weighted by Crippen LogP contribution is -2.45. The quantitative estimate of drug-likeness (QED) is 0.901. The first-order valence-electron chi connectivity index (χ1n) is 6.96. The maximum atomic E-state index is 12.2. The molecule has 1 heterocycles. The molecule has 0 aromatic heterocycles. The minimum Gasteiger partial charge on any atom is -0.496 e. The summed E-state index contributed by atoms with van der Waals surface area (Å²) in [5.74, 6) is 0.375. The van der Waals surface area contributed by atoms with Gasteiger partial charge < -0.3 is 15.0 Å². The van der Waals surface area contributed by atoms with Crippen LogP contribution in [0.3, 0.4) is 0 Å². The van der Waals surface area contributed by atoms with Crippen LogP contribution in [0.1, 0.15) is 30.1 Å². The SMILES string of the molecule is COc1ccc(C(=O)NC(C)C(=O)N2CCCC2)cc1Br. The highest BCUT2D eigenvalue weighted by Crippen LogP contribution is 2.25. The number of carbonyl (C=O) groups excluding carboxylic acids is 2. The topological polar surface area (TPSA) is 58.6 Å². The second-order valence-corrected chi connectivity index (χ2v) is 5.93. The van der Waals surface area contributed by atoms with Crippen molar-refractivity contribution in [1.82, 2.24) is 10.2 Å². The summed E-state index contributed by atoms with van der Waals surface area (Å²) >= 11 is 3.34.